The van der Waals surface area contributed by atoms with Crippen LogP contribution >= 0.6 is 12.2 Å². The standard InChI is InChI=1S/C11H17N3O2S/c12-9(17)11(3-1-4-11)10(16)14-6-2-5-13-8(15)7-14/h1-7H2,(H2,12,17)(H,13,15). The molecule has 2 fully saturated rings. The van der Waals surface area contributed by atoms with Crippen molar-refractivity contribution in [3.8, 4) is 0 Å². The molecule has 0 atom stereocenters. The third kappa shape index (κ3) is 2.13. The van der Waals surface area contributed by atoms with Crippen LogP contribution in [-0.4, -0.2) is 41.3 Å². The first-order chi connectivity index (χ1) is 8.06. The molecular weight excluding hydrogens is 238 g/mol. The molecule has 1 heterocycles. The van der Waals surface area contributed by atoms with E-state index < -0.39 is 5.41 Å². The van der Waals surface area contributed by atoms with Gasteiger partial charge in [0.05, 0.1) is 16.9 Å². The lowest BCUT2D eigenvalue weighted by Crippen LogP contribution is -2.55. The molecule has 2 amide bonds. The van der Waals surface area contributed by atoms with Crippen molar-refractivity contribution in [2.45, 2.75) is 25.7 Å². The Labute approximate surface area is 106 Å². The maximum absolute atomic E-state index is 12.4. The van der Waals surface area contributed by atoms with Gasteiger partial charge in [-0.2, -0.15) is 0 Å². The molecule has 0 aromatic rings. The van der Waals surface area contributed by atoms with E-state index in [2.05, 4.69) is 5.32 Å². The first-order valence-corrected chi connectivity index (χ1v) is 6.33. The van der Waals surface area contributed by atoms with Crippen molar-refractivity contribution >= 4 is 29.0 Å². The van der Waals surface area contributed by atoms with E-state index in [9.17, 15) is 9.59 Å². The van der Waals surface area contributed by atoms with Crippen molar-refractivity contribution in [1.29, 1.82) is 0 Å². The Morgan fingerprint density at radius 3 is 2.65 bits per heavy atom. The second kappa shape index (κ2) is 4.60. The summed E-state index contributed by atoms with van der Waals surface area (Å²) >= 11 is 5.02. The molecule has 5 nitrogen and oxygen atoms in total. The summed E-state index contributed by atoms with van der Waals surface area (Å²) in [6, 6.07) is 0. The second-order valence-electron chi connectivity index (χ2n) is 4.73. The molecule has 1 aliphatic carbocycles. The normalized spacial score (nSPS) is 23.3. The van der Waals surface area contributed by atoms with Gasteiger partial charge in [-0.1, -0.05) is 18.6 Å². The molecule has 94 valence electrons. The lowest BCUT2D eigenvalue weighted by atomic mass is 9.67. The molecule has 0 spiro atoms. The number of thiocarbonyl (C=S) groups is 1. The van der Waals surface area contributed by atoms with Crippen molar-refractivity contribution in [2.75, 3.05) is 19.6 Å². The summed E-state index contributed by atoms with van der Waals surface area (Å²) in [6.07, 6.45) is 3.20. The predicted octanol–water partition coefficient (Wildman–Crippen LogP) is -0.209. The van der Waals surface area contributed by atoms with Gasteiger partial charge < -0.3 is 16.0 Å². The topological polar surface area (TPSA) is 75.4 Å². The van der Waals surface area contributed by atoms with Gasteiger partial charge in [-0.25, -0.2) is 0 Å². The summed E-state index contributed by atoms with van der Waals surface area (Å²) in [5.74, 6) is -0.165. The summed E-state index contributed by atoms with van der Waals surface area (Å²) in [7, 11) is 0. The van der Waals surface area contributed by atoms with Crippen molar-refractivity contribution in [2.24, 2.45) is 11.1 Å². The molecule has 6 heteroatoms. The molecule has 2 rings (SSSR count). The minimum absolute atomic E-state index is 0.0618. The van der Waals surface area contributed by atoms with Gasteiger partial charge in [-0.3, -0.25) is 9.59 Å². The SMILES string of the molecule is NC(=S)C1(C(=O)N2CCCNC(=O)C2)CCC1. The van der Waals surface area contributed by atoms with Crippen LogP contribution in [-0.2, 0) is 9.59 Å². The third-order valence-electron chi connectivity index (χ3n) is 3.64. The third-order valence-corrected chi connectivity index (χ3v) is 4.03. The number of nitrogens with two attached hydrogens (primary N) is 1. The van der Waals surface area contributed by atoms with Crippen molar-refractivity contribution in [3.63, 3.8) is 0 Å². The van der Waals surface area contributed by atoms with Gasteiger partial charge >= 0.3 is 0 Å². The maximum atomic E-state index is 12.4. The molecule has 1 saturated heterocycles. The van der Waals surface area contributed by atoms with E-state index in [4.69, 9.17) is 18.0 Å². The van der Waals surface area contributed by atoms with E-state index in [1.165, 1.54) is 0 Å². The van der Waals surface area contributed by atoms with Crippen LogP contribution in [0, 0.1) is 5.41 Å². The summed E-state index contributed by atoms with van der Waals surface area (Å²) in [4.78, 5) is 25.7. The van der Waals surface area contributed by atoms with Crippen LogP contribution in [0.3, 0.4) is 0 Å². The van der Waals surface area contributed by atoms with Crippen LogP contribution in [0.4, 0.5) is 0 Å². The Bertz CT molecular complexity index is 366. The van der Waals surface area contributed by atoms with Gasteiger partial charge in [0, 0.05) is 13.1 Å². The Morgan fingerprint density at radius 1 is 1.41 bits per heavy atom. The van der Waals surface area contributed by atoms with Crippen LogP contribution in [0.2, 0.25) is 0 Å². The second-order valence-corrected chi connectivity index (χ2v) is 5.17. The Hall–Kier alpha value is -1.17. The van der Waals surface area contributed by atoms with E-state index in [1.807, 2.05) is 0 Å². The zero-order valence-electron chi connectivity index (χ0n) is 9.70. The quantitative estimate of drug-likeness (QED) is 0.670. The molecule has 0 bridgehead atoms. The molecule has 2 aliphatic rings. The van der Waals surface area contributed by atoms with E-state index in [-0.39, 0.29) is 23.3 Å². The van der Waals surface area contributed by atoms with E-state index in [1.54, 1.807) is 4.90 Å². The molecule has 17 heavy (non-hydrogen) atoms. The molecular formula is C11H17N3O2S. The minimum atomic E-state index is -0.667. The van der Waals surface area contributed by atoms with Crippen LogP contribution in [0.1, 0.15) is 25.7 Å². The summed E-state index contributed by atoms with van der Waals surface area (Å²) < 4.78 is 0. The van der Waals surface area contributed by atoms with Crippen molar-refractivity contribution in [1.82, 2.24) is 10.2 Å². The highest BCUT2D eigenvalue weighted by atomic mass is 32.1. The molecule has 1 aliphatic heterocycles. The van der Waals surface area contributed by atoms with E-state index in [0.29, 0.717) is 13.1 Å². The molecule has 0 aromatic carbocycles. The van der Waals surface area contributed by atoms with E-state index in [0.717, 1.165) is 25.7 Å². The van der Waals surface area contributed by atoms with Gasteiger partial charge in [-0.05, 0) is 19.3 Å². The average Bonchev–Trinajstić information content (AvgIpc) is 2.40. The van der Waals surface area contributed by atoms with Crippen LogP contribution in [0.15, 0.2) is 0 Å². The Morgan fingerprint density at radius 2 is 2.12 bits per heavy atom. The van der Waals surface area contributed by atoms with Gasteiger partial charge in [0.2, 0.25) is 11.8 Å². The smallest absolute Gasteiger partial charge is 0.239 e. The first kappa shape index (κ1) is 12.3. The zero-order chi connectivity index (χ0) is 12.5. The predicted molar refractivity (Wildman–Crippen MR) is 67.3 cm³/mol. The van der Waals surface area contributed by atoms with E-state index >= 15 is 0 Å². The fourth-order valence-electron chi connectivity index (χ4n) is 2.38. The van der Waals surface area contributed by atoms with Crippen molar-refractivity contribution < 1.29 is 9.59 Å². The number of hydrogen-bond acceptors (Lipinski definition) is 3. The Kier molecular flexibility index (Phi) is 3.33. The molecule has 3 N–H and O–H groups in total. The summed E-state index contributed by atoms with van der Waals surface area (Å²) in [5, 5.41) is 2.75. The number of hydrogen-bond donors (Lipinski definition) is 2. The first-order valence-electron chi connectivity index (χ1n) is 5.92. The molecule has 0 radical (unpaired) electrons. The number of nitrogens with zero attached hydrogens (tertiary/aromatic N) is 1. The largest absolute Gasteiger partial charge is 0.392 e. The van der Waals surface area contributed by atoms with Gasteiger partial charge in [-0.15, -0.1) is 0 Å². The van der Waals surface area contributed by atoms with Gasteiger partial charge in [0.25, 0.3) is 0 Å². The van der Waals surface area contributed by atoms with Crippen LogP contribution in [0.25, 0.3) is 0 Å². The van der Waals surface area contributed by atoms with Crippen molar-refractivity contribution in [3.05, 3.63) is 0 Å². The number of carbonyl (C=O) groups excluding carboxylic acids is 2. The number of rotatable bonds is 2. The van der Waals surface area contributed by atoms with Gasteiger partial charge in [0.1, 0.15) is 0 Å². The van der Waals surface area contributed by atoms with Gasteiger partial charge in [0.15, 0.2) is 0 Å². The molecule has 1 saturated carbocycles. The average molecular weight is 255 g/mol. The van der Waals surface area contributed by atoms with Crippen LogP contribution < -0.4 is 11.1 Å². The number of carbonyl (C=O) groups is 2. The lowest BCUT2D eigenvalue weighted by molar-refractivity contribution is -0.144. The highest BCUT2D eigenvalue weighted by molar-refractivity contribution is 7.80. The summed E-state index contributed by atoms with van der Waals surface area (Å²) in [6.45, 7) is 1.35. The monoisotopic (exact) mass is 255 g/mol. The minimum Gasteiger partial charge on any atom is -0.392 e. The number of amides is 2. The maximum Gasteiger partial charge on any atom is 0.239 e. The zero-order valence-corrected chi connectivity index (χ0v) is 10.5. The molecule has 0 aromatic heterocycles. The fraction of sp³-hybridized carbons (Fsp3) is 0.727. The fourth-order valence-corrected chi connectivity index (χ4v) is 2.67. The lowest BCUT2D eigenvalue weighted by Gasteiger charge is -2.42. The number of nitrogens with one attached hydrogen (secondary N) is 1. The molecule has 0 unspecified atom stereocenters. The Balaban J connectivity index is 2.12. The highest BCUT2D eigenvalue weighted by Gasteiger charge is 2.49. The summed E-state index contributed by atoms with van der Waals surface area (Å²) in [5.41, 5.74) is 5.03. The van der Waals surface area contributed by atoms with Crippen LogP contribution in [0.5, 0.6) is 0 Å². The highest BCUT2D eigenvalue weighted by Crippen LogP contribution is 2.42.